The zero-order chi connectivity index (χ0) is 15.4. The van der Waals surface area contributed by atoms with Crippen molar-refractivity contribution in [3.8, 4) is 5.69 Å². The van der Waals surface area contributed by atoms with Crippen LogP contribution in [0.15, 0.2) is 48.8 Å². The lowest BCUT2D eigenvalue weighted by Gasteiger charge is -2.27. The van der Waals surface area contributed by atoms with Gasteiger partial charge in [-0.1, -0.05) is 31.7 Å². The molecule has 0 radical (unpaired) electrons. The van der Waals surface area contributed by atoms with Gasteiger partial charge in [-0.25, -0.2) is 0 Å². The number of carbonyl (C=O) groups excluding carboxylic acids is 1. The Hall–Kier alpha value is -2.03. The van der Waals surface area contributed by atoms with E-state index in [-0.39, 0.29) is 5.91 Å². The Kier molecular flexibility index (Phi) is 4.62. The van der Waals surface area contributed by atoms with Crippen LogP contribution in [-0.4, -0.2) is 28.5 Å². The highest BCUT2D eigenvalue weighted by molar-refractivity contribution is 5.94. The predicted octanol–water partition coefficient (Wildman–Crippen LogP) is 4.27. The van der Waals surface area contributed by atoms with Crippen molar-refractivity contribution < 1.29 is 4.79 Å². The molecule has 3 heteroatoms. The van der Waals surface area contributed by atoms with E-state index in [2.05, 4.69) is 0 Å². The third-order valence-corrected chi connectivity index (χ3v) is 4.69. The molecule has 1 aliphatic rings. The molecule has 1 aromatic heterocycles. The number of benzene rings is 1. The number of hydrogen-bond acceptors (Lipinski definition) is 1. The number of rotatable bonds is 3. The fraction of sp³-hybridized carbons (Fsp3) is 0.421. The standard InChI is InChI=1S/C19H24N2O/c1-20(17-10-4-2-3-5-11-17)19(22)16-9-8-12-18(15-16)21-13-6-7-14-21/h6-9,12-15,17H,2-5,10-11H2,1H3. The van der Waals surface area contributed by atoms with Crippen molar-refractivity contribution in [3.63, 3.8) is 0 Å². The van der Waals surface area contributed by atoms with Crippen LogP contribution in [0.1, 0.15) is 48.9 Å². The molecule has 2 aromatic rings. The summed E-state index contributed by atoms with van der Waals surface area (Å²) in [7, 11) is 1.96. The predicted molar refractivity (Wildman–Crippen MR) is 89.4 cm³/mol. The number of aromatic nitrogens is 1. The Morgan fingerprint density at radius 1 is 1.05 bits per heavy atom. The maximum atomic E-state index is 12.8. The van der Waals surface area contributed by atoms with E-state index in [1.54, 1.807) is 0 Å². The van der Waals surface area contributed by atoms with Crippen molar-refractivity contribution >= 4 is 5.91 Å². The first-order valence-corrected chi connectivity index (χ1v) is 8.26. The Balaban J connectivity index is 1.78. The van der Waals surface area contributed by atoms with Crippen molar-refractivity contribution in [2.75, 3.05) is 7.05 Å². The van der Waals surface area contributed by atoms with Crippen LogP contribution in [0.2, 0.25) is 0 Å². The average molecular weight is 296 g/mol. The largest absolute Gasteiger partial charge is 0.339 e. The summed E-state index contributed by atoms with van der Waals surface area (Å²) >= 11 is 0. The van der Waals surface area contributed by atoms with Crippen molar-refractivity contribution in [2.45, 2.75) is 44.6 Å². The van der Waals surface area contributed by atoms with Gasteiger partial charge in [0.2, 0.25) is 0 Å². The highest BCUT2D eigenvalue weighted by Crippen LogP contribution is 2.23. The van der Waals surface area contributed by atoms with Crippen LogP contribution in [0.5, 0.6) is 0 Å². The van der Waals surface area contributed by atoms with Gasteiger partial charge in [0, 0.05) is 36.7 Å². The van der Waals surface area contributed by atoms with Gasteiger partial charge in [0.1, 0.15) is 0 Å². The first-order valence-electron chi connectivity index (χ1n) is 8.26. The lowest BCUT2D eigenvalue weighted by Crippen LogP contribution is -2.36. The van der Waals surface area contributed by atoms with Crippen LogP contribution in [0, 0.1) is 0 Å². The number of hydrogen-bond donors (Lipinski definition) is 0. The van der Waals surface area contributed by atoms with E-state index in [0.29, 0.717) is 6.04 Å². The molecular formula is C19H24N2O. The molecule has 0 saturated heterocycles. The third kappa shape index (κ3) is 3.24. The normalized spacial score (nSPS) is 16.2. The summed E-state index contributed by atoms with van der Waals surface area (Å²) < 4.78 is 2.03. The molecule has 22 heavy (non-hydrogen) atoms. The van der Waals surface area contributed by atoms with Gasteiger partial charge in [0.05, 0.1) is 0 Å². The second kappa shape index (κ2) is 6.82. The van der Waals surface area contributed by atoms with Crippen molar-refractivity contribution in [1.82, 2.24) is 9.47 Å². The molecule has 0 aliphatic heterocycles. The van der Waals surface area contributed by atoms with Crippen LogP contribution >= 0.6 is 0 Å². The zero-order valence-electron chi connectivity index (χ0n) is 13.2. The van der Waals surface area contributed by atoms with E-state index < -0.39 is 0 Å². The second-order valence-electron chi connectivity index (χ2n) is 6.20. The van der Waals surface area contributed by atoms with E-state index in [9.17, 15) is 4.79 Å². The monoisotopic (exact) mass is 296 g/mol. The minimum Gasteiger partial charge on any atom is -0.339 e. The van der Waals surface area contributed by atoms with Gasteiger partial charge in [-0.15, -0.1) is 0 Å². The zero-order valence-corrected chi connectivity index (χ0v) is 13.2. The molecule has 1 aromatic carbocycles. The molecule has 1 amide bonds. The second-order valence-corrected chi connectivity index (χ2v) is 6.20. The molecule has 1 saturated carbocycles. The first kappa shape index (κ1) is 14.9. The highest BCUT2D eigenvalue weighted by Gasteiger charge is 2.22. The molecule has 0 N–H and O–H groups in total. The molecule has 3 rings (SSSR count). The Labute approximate surface area is 132 Å². The average Bonchev–Trinajstić information content (AvgIpc) is 2.96. The quantitative estimate of drug-likeness (QED) is 0.776. The molecule has 3 nitrogen and oxygen atoms in total. The van der Waals surface area contributed by atoms with Gasteiger partial charge in [-0.3, -0.25) is 4.79 Å². The fourth-order valence-electron chi connectivity index (χ4n) is 3.32. The van der Waals surface area contributed by atoms with Gasteiger partial charge in [-0.05, 0) is 43.2 Å². The van der Waals surface area contributed by atoms with Crippen LogP contribution in [0.4, 0.5) is 0 Å². The van der Waals surface area contributed by atoms with Crippen LogP contribution in [0.3, 0.4) is 0 Å². The Bertz CT molecular complexity index is 610. The van der Waals surface area contributed by atoms with Crippen LogP contribution in [0.25, 0.3) is 5.69 Å². The van der Waals surface area contributed by atoms with Crippen molar-refractivity contribution in [2.24, 2.45) is 0 Å². The minimum atomic E-state index is 0.140. The molecule has 1 aliphatic carbocycles. The molecule has 0 spiro atoms. The van der Waals surface area contributed by atoms with Gasteiger partial charge in [0.15, 0.2) is 0 Å². The SMILES string of the molecule is CN(C(=O)c1cccc(-n2cccc2)c1)C1CCCCCC1. The molecular weight excluding hydrogens is 272 g/mol. The lowest BCUT2D eigenvalue weighted by atomic mass is 10.1. The summed E-state index contributed by atoms with van der Waals surface area (Å²) in [6.45, 7) is 0. The number of amides is 1. The van der Waals surface area contributed by atoms with Gasteiger partial charge >= 0.3 is 0 Å². The van der Waals surface area contributed by atoms with Gasteiger partial charge in [-0.2, -0.15) is 0 Å². The summed E-state index contributed by atoms with van der Waals surface area (Å²) in [6, 6.07) is 12.3. The van der Waals surface area contributed by atoms with Gasteiger partial charge in [0.25, 0.3) is 5.91 Å². The number of nitrogens with zero attached hydrogens (tertiary/aromatic N) is 2. The summed E-state index contributed by atoms with van der Waals surface area (Å²) in [5, 5.41) is 0. The summed E-state index contributed by atoms with van der Waals surface area (Å²) in [5.41, 5.74) is 1.81. The smallest absolute Gasteiger partial charge is 0.253 e. The molecule has 116 valence electrons. The molecule has 0 unspecified atom stereocenters. The molecule has 0 bridgehead atoms. The fourth-order valence-corrected chi connectivity index (χ4v) is 3.32. The topological polar surface area (TPSA) is 25.2 Å². The summed E-state index contributed by atoms with van der Waals surface area (Å²) in [5.74, 6) is 0.140. The minimum absolute atomic E-state index is 0.140. The van der Waals surface area contributed by atoms with Crippen molar-refractivity contribution in [3.05, 3.63) is 54.4 Å². The van der Waals surface area contributed by atoms with E-state index in [0.717, 1.165) is 24.1 Å². The maximum absolute atomic E-state index is 12.8. The van der Waals surface area contributed by atoms with Gasteiger partial charge < -0.3 is 9.47 Å². The highest BCUT2D eigenvalue weighted by atomic mass is 16.2. The van der Waals surface area contributed by atoms with Crippen molar-refractivity contribution in [1.29, 1.82) is 0 Å². The lowest BCUT2D eigenvalue weighted by molar-refractivity contribution is 0.0717. The van der Waals surface area contributed by atoms with E-state index in [1.807, 2.05) is 65.3 Å². The molecule has 0 atom stereocenters. The van der Waals surface area contributed by atoms with E-state index in [4.69, 9.17) is 0 Å². The first-order chi connectivity index (χ1) is 10.8. The summed E-state index contributed by atoms with van der Waals surface area (Å²) in [4.78, 5) is 14.8. The summed E-state index contributed by atoms with van der Waals surface area (Å²) in [6.07, 6.45) is 11.4. The van der Waals surface area contributed by atoms with E-state index >= 15 is 0 Å². The Morgan fingerprint density at radius 2 is 1.73 bits per heavy atom. The maximum Gasteiger partial charge on any atom is 0.253 e. The van der Waals surface area contributed by atoms with Crippen LogP contribution in [-0.2, 0) is 0 Å². The Morgan fingerprint density at radius 3 is 2.41 bits per heavy atom. The molecule has 1 fully saturated rings. The van der Waals surface area contributed by atoms with E-state index in [1.165, 1.54) is 25.7 Å². The third-order valence-electron chi connectivity index (χ3n) is 4.69. The van der Waals surface area contributed by atoms with Crippen LogP contribution < -0.4 is 0 Å². The molecule has 1 heterocycles. The number of carbonyl (C=O) groups is 1.